The third-order valence-electron chi connectivity index (χ3n) is 6.59. The van der Waals surface area contributed by atoms with Crippen LogP contribution in [0.3, 0.4) is 0 Å². The van der Waals surface area contributed by atoms with E-state index in [0.717, 1.165) is 11.1 Å². The summed E-state index contributed by atoms with van der Waals surface area (Å²) in [5.74, 6) is -1.61. The monoisotopic (exact) mass is 465 g/mol. The van der Waals surface area contributed by atoms with E-state index in [2.05, 4.69) is 34.9 Å². The van der Waals surface area contributed by atoms with Crippen molar-refractivity contribution in [1.29, 1.82) is 0 Å². The van der Waals surface area contributed by atoms with Gasteiger partial charge in [-0.1, -0.05) is 48.5 Å². The van der Waals surface area contributed by atoms with Crippen molar-refractivity contribution in [3.8, 4) is 11.1 Å². The fraction of sp³-hybridized carbons (Fsp3) is 0.423. The van der Waals surface area contributed by atoms with Gasteiger partial charge in [0.25, 0.3) is 0 Å². The summed E-state index contributed by atoms with van der Waals surface area (Å²) in [5.41, 5.74) is 4.64. The number of fused-ring (bicyclic) bond motifs is 3. The molecule has 0 heterocycles. The number of carbonyl (C=O) groups is 3. The van der Waals surface area contributed by atoms with Gasteiger partial charge >= 0.3 is 12.1 Å². The van der Waals surface area contributed by atoms with Crippen LogP contribution in [0.1, 0.15) is 29.9 Å². The highest BCUT2D eigenvalue weighted by atomic mass is 16.5. The molecule has 0 spiro atoms. The van der Waals surface area contributed by atoms with Gasteiger partial charge in [-0.15, -0.1) is 0 Å². The van der Waals surface area contributed by atoms with E-state index < -0.39 is 18.1 Å². The van der Waals surface area contributed by atoms with Crippen LogP contribution >= 0.6 is 0 Å². The summed E-state index contributed by atoms with van der Waals surface area (Å²) in [7, 11) is 3.71. The first-order valence-corrected chi connectivity index (χ1v) is 11.6. The molecule has 2 amide bonds. The lowest BCUT2D eigenvalue weighted by Crippen LogP contribution is -2.43. The van der Waals surface area contributed by atoms with Gasteiger partial charge in [0.05, 0.1) is 0 Å². The van der Waals surface area contributed by atoms with Crippen LogP contribution in [-0.4, -0.2) is 67.8 Å². The van der Waals surface area contributed by atoms with Gasteiger partial charge in [0.1, 0.15) is 12.6 Å². The van der Waals surface area contributed by atoms with Crippen LogP contribution in [0.5, 0.6) is 0 Å². The molecule has 4 rings (SSSR count). The predicted octanol–water partition coefficient (Wildman–Crippen LogP) is 2.68. The first kappa shape index (κ1) is 23.8. The minimum Gasteiger partial charge on any atom is -0.480 e. The quantitative estimate of drug-likeness (QED) is 0.498. The number of nitrogens with one attached hydrogen (secondary N) is 2. The molecule has 0 bridgehead atoms. The summed E-state index contributed by atoms with van der Waals surface area (Å²) in [6.45, 7) is 1.12. The molecule has 2 aliphatic rings. The van der Waals surface area contributed by atoms with Crippen molar-refractivity contribution in [2.45, 2.75) is 24.8 Å². The molecular formula is C26H31N3O5. The minimum absolute atomic E-state index is 0.00674. The van der Waals surface area contributed by atoms with Gasteiger partial charge in [-0.3, -0.25) is 4.79 Å². The molecule has 34 heavy (non-hydrogen) atoms. The Morgan fingerprint density at radius 2 is 1.68 bits per heavy atom. The summed E-state index contributed by atoms with van der Waals surface area (Å²) in [6, 6.07) is 15.4. The molecule has 0 radical (unpaired) electrons. The molecule has 1 fully saturated rings. The second-order valence-electron chi connectivity index (χ2n) is 9.30. The summed E-state index contributed by atoms with van der Waals surface area (Å²) < 4.78 is 5.53. The maximum absolute atomic E-state index is 12.4. The molecule has 2 aliphatic carbocycles. The number of alkyl carbamates (subject to hydrolysis) is 1. The maximum Gasteiger partial charge on any atom is 0.407 e. The Bertz CT molecular complexity index is 1020. The molecule has 3 N–H and O–H groups in total. The molecule has 0 aromatic heterocycles. The van der Waals surface area contributed by atoms with Crippen LogP contribution in [0.15, 0.2) is 48.5 Å². The lowest BCUT2D eigenvalue weighted by Gasteiger charge is -2.17. The lowest BCUT2D eigenvalue weighted by molar-refractivity contribution is -0.142. The van der Waals surface area contributed by atoms with Crippen molar-refractivity contribution in [2.24, 2.45) is 11.8 Å². The molecule has 8 heteroatoms. The molecule has 3 atom stereocenters. The number of hydrogen-bond donors (Lipinski definition) is 3. The third kappa shape index (κ3) is 5.39. The Balaban J connectivity index is 1.23. The van der Waals surface area contributed by atoms with Crippen LogP contribution in [0, 0.1) is 11.8 Å². The van der Waals surface area contributed by atoms with Crippen molar-refractivity contribution < 1.29 is 24.2 Å². The number of rotatable bonds is 10. The molecule has 0 saturated heterocycles. The van der Waals surface area contributed by atoms with E-state index in [-0.39, 0.29) is 30.3 Å². The Hall–Kier alpha value is -3.39. The minimum atomic E-state index is -1.04. The van der Waals surface area contributed by atoms with Crippen molar-refractivity contribution in [1.82, 2.24) is 15.5 Å². The molecule has 2 aromatic carbocycles. The average molecular weight is 466 g/mol. The summed E-state index contributed by atoms with van der Waals surface area (Å²) in [5, 5.41) is 14.7. The second kappa shape index (κ2) is 10.3. The van der Waals surface area contributed by atoms with Crippen molar-refractivity contribution in [2.75, 3.05) is 33.8 Å². The Kier molecular flexibility index (Phi) is 7.17. The highest BCUT2D eigenvalue weighted by Crippen LogP contribution is 2.44. The molecule has 0 aliphatic heterocycles. The van der Waals surface area contributed by atoms with E-state index in [1.165, 1.54) is 11.1 Å². The number of hydrogen-bond acceptors (Lipinski definition) is 5. The van der Waals surface area contributed by atoms with Gasteiger partial charge in [0.15, 0.2) is 0 Å². The number of amides is 2. The molecule has 8 nitrogen and oxygen atoms in total. The SMILES string of the molecule is CN(C)CCC(NC(=O)[C@@H]1C[C@@H]1CNC(=O)OCC1c2ccccc2-c2ccccc21)C(=O)O. The van der Waals surface area contributed by atoms with Gasteiger partial charge < -0.3 is 25.4 Å². The summed E-state index contributed by atoms with van der Waals surface area (Å²) in [4.78, 5) is 38.0. The number of carboxylic acids is 1. The highest BCUT2D eigenvalue weighted by Gasteiger charge is 2.44. The zero-order valence-electron chi connectivity index (χ0n) is 19.5. The number of benzene rings is 2. The summed E-state index contributed by atoms with van der Waals surface area (Å²) >= 11 is 0. The van der Waals surface area contributed by atoms with E-state index in [9.17, 15) is 19.5 Å². The number of aliphatic carboxylic acids is 1. The van der Waals surface area contributed by atoms with E-state index in [4.69, 9.17) is 4.74 Å². The van der Waals surface area contributed by atoms with E-state index in [0.29, 0.717) is 25.9 Å². The smallest absolute Gasteiger partial charge is 0.407 e. The number of nitrogens with zero attached hydrogens (tertiary/aromatic N) is 1. The van der Waals surface area contributed by atoms with Crippen LogP contribution in [-0.2, 0) is 14.3 Å². The Morgan fingerprint density at radius 1 is 1.06 bits per heavy atom. The van der Waals surface area contributed by atoms with E-state index in [1.54, 1.807) is 0 Å². The normalized spacial score (nSPS) is 19.1. The first-order valence-electron chi connectivity index (χ1n) is 11.6. The van der Waals surface area contributed by atoms with Gasteiger partial charge in [-0.05, 0) is 55.1 Å². The number of carbonyl (C=O) groups excluding carboxylic acids is 2. The van der Waals surface area contributed by atoms with Gasteiger partial charge in [0.2, 0.25) is 5.91 Å². The first-order chi connectivity index (χ1) is 16.3. The third-order valence-corrected chi connectivity index (χ3v) is 6.59. The number of carboxylic acid groups (broad SMARTS) is 1. The van der Waals surface area contributed by atoms with Crippen LogP contribution < -0.4 is 10.6 Å². The van der Waals surface area contributed by atoms with Gasteiger partial charge in [0, 0.05) is 24.9 Å². The average Bonchev–Trinajstić information content (AvgIpc) is 3.54. The Morgan fingerprint density at radius 3 is 2.26 bits per heavy atom. The van der Waals surface area contributed by atoms with Crippen LogP contribution in [0.4, 0.5) is 4.79 Å². The van der Waals surface area contributed by atoms with Gasteiger partial charge in [-0.25, -0.2) is 9.59 Å². The molecular weight excluding hydrogens is 434 g/mol. The van der Waals surface area contributed by atoms with Crippen LogP contribution in [0.2, 0.25) is 0 Å². The highest BCUT2D eigenvalue weighted by molar-refractivity contribution is 5.86. The molecule has 1 saturated carbocycles. The standard InChI is InChI=1S/C26H31N3O5/c1-29(2)12-11-23(25(31)32)28-24(30)21-13-16(21)14-27-26(33)34-15-22-19-9-5-3-7-17(19)18-8-4-6-10-20(18)22/h3-10,16,21-23H,11-15H2,1-2H3,(H,27,33)(H,28,30)(H,31,32)/t16-,21-,23?/m1/s1. The fourth-order valence-corrected chi connectivity index (χ4v) is 4.58. The summed E-state index contributed by atoms with van der Waals surface area (Å²) in [6.07, 6.45) is 0.446. The molecule has 2 aromatic rings. The van der Waals surface area contributed by atoms with Crippen molar-refractivity contribution in [3.63, 3.8) is 0 Å². The largest absolute Gasteiger partial charge is 0.480 e. The van der Waals surface area contributed by atoms with E-state index >= 15 is 0 Å². The number of ether oxygens (including phenoxy) is 1. The second-order valence-corrected chi connectivity index (χ2v) is 9.30. The fourth-order valence-electron chi connectivity index (χ4n) is 4.58. The van der Waals surface area contributed by atoms with E-state index in [1.807, 2.05) is 43.3 Å². The molecule has 180 valence electrons. The topological polar surface area (TPSA) is 108 Å². The lowest BCUT2D eigenvalue weighted by atomic mass is 9.98. The maximum atomic E-state index is 12.4. The van der Waals surface area contributed by atoms with Gasteiger partial charge in [-0.2, -0.15) is 0 Å². The van der Waals surface area contributed by atoms with Crippen molar-refractivity contribution >= 4 is 18.0 Å². The Labute approximate surface area is 199 Å². The predicted molar refractivity (Wildman–Crippen MR) is 127 cm³/mol. The zero-order valence-corrected chi connectivity index (χ0v) is 19.5. The molecule has 1 unspecified atom stereocenters. The van der Waals surface area contributed by atoms with Crippen LogP contribution in [0.25, 0.3) is 11.1 Å². The zero-order chi connectivity index (χ0) is 24.2. The van der Waals surface area contributed by atoms with Crippen molar-refractivity contribution in [3.05, 3.63) is 59.7 Å².